The molecule has 0 saturated heterocycles. The number of methoxy groups -OCH3 is 1. The van der Waals surface area contributed by atoms with E-state index < -0.39 is 0 Å². The second-order valence-electron chi connectivity index (χ2n) is 10.4. The van der Waals surface area contributed by atoms with Crippen LogP contribution in [0.3, 0.4) is 0 Å². The molecule has 1 aromatic heterocycles. The van der Waals surface area contributed by atoms with Gasteiger partial charge >= 0.3 is 0 Å². The number of ether oxygens (including phenoxy) is 5. The standard InChI is InChI=1S/C36H42N4O7S/c1-37-36(42)32-6-3-4-7-34(32)48-30-12-13-31-27(24-30)25-39-33(31)14-11-28-9-10-29(26-38-28)40-35(41)8-5-15-44-18-19-46-22-23-47-21-20-45-17-16-43-2/h3-4,6-7,9-10,12-13,24,26H,5,8,15-23,25H2,1-2H3,(H,37,42)(H,40,41). The second kappa shape index (κ2) is 21.0. The average molecular weight is 675 g/mol. The maximum absolute atomic E-state index is 12.3. The number of carbonyl (C=O) groups excluding carboxylic acids is 2. The second-order valence-corrected chi connectivity index (χ2v) is 11.6. The van der Waals surface area contributed by atoms with Gasteiger partial charge in [0.2, 0.25) is 5.91 Å². The van der Waals surface area contributed by atoms with Gasteiger partial charge in [-0.05, 0) is 60.2 Å². The summed E-state index contributed by atoms with van der Waals surface area (Å²) in [6.07, 6.45) is 2.53. The highest BCUT2D eigenvalue weighted by atomic mass is 32.2. The molecule has 3 aromatic rings. The average Bonchev–Trinajstić information content (AvgIpc) is 3.51. The Kier molecular flexibility index (Phi) is 16.1. The Balaban J connectivity index is 1.11. The van der Waals surface area contributed by atoms with Crippen molar-refractivity contribution in [2.24, 2.45) is 4.99 Å². The van der Waals surface area contributed by atoms with Crippen LogP contribution in [0.4, 0.5) is 5.69 Å². The molecule has 0 unspecified atom stereocenters. The monoisotopic (exact) mass is 674 g/mol. The first-order chi connectivity index (χ1) is 23.6. The van der Waals surface area contributed by atoms with E-state index >= 15 is 0 Å². The molecule has 2 N–H and O–H groups in total. The predicted octanol–water partition coefficient (Wildman–Crippen LogP) is 4.38. The van der Waals surface area contributed by atoms with E-state index in [9.17, 15) is 9.59 Å². The molecule has 1 aliphatic heterocycles. The van der Waals surface area contributed by atoms with Gasteiger partial charge in [-0.1, -0.05) is 30.0 Å². The summed E-state index contributed by atoms with van der Waals surface area (Å²) in [6, 6.07) is 17.2. The molecule has 2 aromatic carbocycles. The van der Waals surface area contributed by atoms with Gasteiger partial charge in [-0.15, -0.1) is 0 Å². The number of benzene rings is 2. The summed E-state index contributed by atoms with van der Waals surface area (Å²) in [6.45, 7) is 5.13. The fraction of sp³-hybridized carbons (Fsp3) is 0.389. The molecule has 254 valence electrons. The minimum Gasteiger partial charge on any atom is -0.382 e. The van der Waals surface area contributed by atoms with Crippen LogP contribution in [0.25, 0.3) is 0 Å². The van der Waals surface area contributed by atoms with E-state index in [0.29, 0.717) is 102 Å². The maximum Gasteiger partial charge on any atom is 0.252 e. The van der Waals surface area contributed by atoms with E-state index in [1.807, 2.05) is 36.4 Å². The first-order valence-corrected chi connectivity index (χ1v) is 16.6. The van der Waals surface area contributed by atoms with Crippen LogP contribution in [-0.2, 0) is 35.0 Å². The van der Waals surface area contributed by atoms with Gasteiger partial charge in [0.15, 0.2) is 0 Å². The minimum absolute atomic E-state index is 0.106. The van der Waals surface area contributed by atoms with Crippen LogP contribution in [0.5, 0.6) is 0 Å². The van der Waals surface area contributed by atoms with Crippen molar-refractivity contribution in [3.05, 3.63) is 83.2 Å². The van der Waals surface area contributed by atoms with Crippen LogP contribution in [0.1, 0.15) is 40.0 Å². The highest BCUT2D eigenvalue weighted by Gasteiger charge is 2.16. The predicted molar refractivity (Wildman–Crippen MR) is 185 cm³/mol. The number of carbonyl (C=O) groups is 2. The van der Waals surface area contributed by atoms with Crippen molar-refractivity contribution in [1.29, 1.82) is 0 Å². The van der Waals surface area contributed by atoms with Gasteiger partial charge in [-0.3, -0.25) is 14.6 Å². The van der Waals surface area contributed by atoms with Crippen LogP contribution >= 0.6 is 11.8 Å². The third-order valence-electron chi connectivity index (χ3n) is 6.92. The number of hydrogen-bond acceptors (Lipinski definition) is 10. The third kappa shape index (κ3) is 12.5. The number of fused-ring (bicyclic) bond motifs is 1. The number of nitrogens with zero attached hydrogens (tertiary/aromatic N) is 2. The van der Waals surface area contributed by atoms with E-state index in [1.165, 1.54) is 0 Å². The van der Waals surface area contributed by atoms with E-state index in [2.05, 4.69) is 38.5 Å². The van der Waals surface area contributed by atoms with Crippen molar-refractivity contribution in [3.63, 3.8) is 0 Å². The van der Waals surface area contributed by atoms with Gasteiger partial charge in [0.05, 0.1) is 76.8 Å². The molecule has 1 aliphatic rings. The summed E-state index contributed by atoms with van der Waals surface area (Å²) >= 11 is 1.55. The van der Waals surface area contributed by atoms with Crippen molar-refractivity contribution in [2.45, 2.75) is 29.2 Å². The van der Waals surface area contributed by atoms with Crippen LogP contribution in [0, 0.1) is 11.8 Å². The fourth-order valence-corrected chi connectivity index (χ4v) is 5.49. The SMILES string of the molecule is CNC(=O)c1ccccc1Sc1ccc2c(c1)CN=C2C#Cc1ccc(NC(=O)CCCOCCOCCOCCOCCOC)cn1. The van der Waals surface area contributed by atoms with Gasteiger partial charge in [0, 0.05) is 42.5 Å². The molecule has 0 radical (unpaired) electrons. The first-order valence-electron chi connectivity index (χ1n) is 15.8. The van der Waals surface area contributed by atoms with Crippen LogP contribution in [-0.4, -0.2) is 96.1 Å². The zero-order valence-electron chi connectivity index (χ0n) is 27.4. The lowest BCUT2D eigenvalue weighted by atomic mass is 10.1. The van der Waals surface area contributed by atoms with E-state index in [-0.39, 0.29) is 11.8 Å². The van der Waals surface area contributed by atoms with Crippen LogP contribution < -0.4 is 10.6 Å². The fourth-order valence-electron chi connectivity index (χ4n) is 4.48. The molecule has 0 fully saturated rings. The number of nitrogens with one attached hydrogen (secondary N) is 2. The number of hydrogen-bond donors (Lipinski definition) is 2. The van der Waals surface area contributed by atoms with Crippen LogP contribution in [0.2, 0.25) is 0 Å². The molecule has 0 aliphatic carbocycles. The zero-order valence-corrected chi connectivity index (χ0v) is 28.2. The largest absolute Gasteiger partial charge is 0.382 e. The summed E-state index contributed by atoms with van der Waals surface area (Å²) in [5.74, 6) is 6.00. The first kappa shape index (κ1) is 36.7. The van der Waals surface area contributed by atoms with Gasteiger partial charge < -0.3 is 34.3 Å². The molecular formula is C36H42N4O7S. The Bertz CT molecular complexity index is 1570. The van der Waals surface area contributed by atoms with Gasteiger partial charge in [0.1, 0.15) is 11.4 Å². The molecule has 2 amide bonds. The lowest BCUT2D eigenvalue weighted by molar-refractivity contribution is -0.116. The number of anilines is 1. The van der Waals surface area contributed by atoms with Crippen molar-refractivity contribution in [2.75, 3.05) is 78.9 Å². The van der Waals surface area contributed by atoms with E-state index in [1.54, 1.807) is 44.2 Å². The normalized spacial score (nSPS) is 11.8. The van der Waals surface area contributed by atoms with Crippen LogP contribution in [0.15, 0.2) is 75.6 Å². The number of rotatable bonds is 20. The summed E-state index contributed by atoms with van der Waals surface area (Å²) in [5.41, 5.74) is 4.62. The van der Waals surface area contributed by atoms with Crippen molar-refractivity contribution >= 4 is 35.0 Å². The molecule has 2 heterocycles. The Hall–Kier alpha value is -4.09. The van der Waals surface area contributed by atoms with Crippen molar-refractivity contribution in [3.8, 4) is 11.8 Å². The highest BCUT2D eigenvalue weighted by molar-refractivity contribution is 7.99. The molecule has 4 rings (SSSR count). The Morgan fingerprint density at radius 1 is 0.854 bits per heavy atom. The van der Waals surface area contributed by atoms with Crippen molar-refractivity contribution in [1.82, 2.24) is 10.3 Å². The van der Waals surface area contributed by atoms with Gasteiger partial charge in [-0.2, -0.15) is 0 Å². The topological polar surface area (TPSA) is 130 Å². The molecule has 0 atom stereocenters. The van der Waals surface area contributed by atoms with E-state index in [4.69, 9.17) is 23.7 Å². The summed E-state index contributed by atoms with van der Waals surface area (Å²) in [5, 5.41) is 5.55. The molecular weight excluding hydrogens is 632 g/mol. The molecule has 0 saturated carbocycles. The lowest BCUT2D eigenvalue weighted by Crippen LogP contribution is -2.18. The van der Waals surface area contributed by atoms with E-state index in [0.717, 1.165) is 20.9 Å². The highest BCUT2D eigenvalue weighted by Crippen LogP contribution is 2.33. The zero-order chi connectivity index (χ0) is 33.8. The summed E-state index contributed by atoms with van der Waals surface area (Å²) < 4.78 is 26.6. The molecule has 12 heteroatoms. The number of aromatic nitrogens is 1. The third-order valence-corrected chi connectivity index (χ3v) is 7.99. The maximum atomic E-state index is 12.3. The number of amides is 2. The quantitative estimate of drug-likeness (QED) is 0.133. The number of pyridine rings is 1. The molecule has 0 spiro atoms. The molecule has 48 heavy (non-hydrogen) atoms. The smallest absolute Gasteiger partial charge is 0.252 e. The molecule has 0 bridgehead atoms. The number of aliphatic imine (C=N–C) groups is 1. The summed E-state index contributed by atoms with van der Waals surface area (Å²) in [4.78, 5) is 35.5. The Labute approximate surface area is 286 Å². The lowest BCUT2D eigenvalue weighted by Gasteiger charge is -2.09. The van der Waals surface area contributed by atoms with Gasteiger partial charge in [0.25, 0.3) is 5.91 Å². The van der Waals surface area contributed by atoms with Crippen molar-refractivity contribution < 1.29 is 33.3 Å². The summed E-state index contributed by atoms with van der Waals surface area (Å²) in [7, 11) is 3.27. The van der Waals surface area contributed by atoms with Gasteiger partial charge in [-0.25, -0.2) is 4.98 Å². The molecule has 11 nitrogen and oxygen atoms in total. The Morgan fingerprint density at radius 2 is 1.56 bits per heavy atom. The minimum atomic E-state index is -0.112. The Morgan fingerprint density at radius 3 is 2.25 bits per heavy atom.